The molecule has 1 aliphatic rings. The highest BCUT2D eigenvalue weighted by atomic mass is 127. The summed E-state index contributed by atoms with van der Waals surface area (Å²) >= 11 is 0. The van der Waals surface area contributed by atoms with Gasteiger partial charge in [-0.3, -0.25) is 0 Å². The number of aliphatic imine (C=N–C) groups is 1. The molecule has 0 unspecified atom stereocenters. The molecular formula is C18H34IN5O2. The Morgan fingerprint density at radius 2 is 2.15 bits per heavy atom. The maximum absolute atomic E-state index is 5.31. The zero-order valence-corrected chi connectivity index (χ0v) is 18.6. The fourth-order valence-electron chi connectivity index (χ4n) is 3.00. The standard InChI is InChI=1S/C18H33N5O2.HI/c1-4-15-13-17(25-22-15)14-20-18(19-5-2)21-16-7-10-23(11-8-16)9-6-12-24-3;/h13,16H,4-12,14H2,1-3H3,(H2,19,20,21);1H. The van der Waals surface area contributed by atoms with Gasteiger partial charge < -0.3 is 24.8 Å². The molecule has 0 bridgehead atoms. The normalized spacial score (nSPS) is 16.3. The van der Waals surface area contributed by atoms with Gasteiger partial charge >= 0.3 is 0 Å². The largest absolute Gasteiger partial charge is 0.385 e. The average molecular weight is 479 g/mol. The Hall–Kier alpha value is -0.870. The molecule has 1 aromatic heterocycles. The van der Waals surface area contributed by atoms with Crippen LogP contribution in [0.25, 0.3) is 0 Å². The van der Waals surface area contributed by atoms with Crippen molar-refractivity contribution in [3.05, 3.63) is 17.5 Å². The van der Waals surface area contributed by atoms with Crippen molar-refractivity contribution in [2.45, 2.75) is 52.1 Å². The summed E-state index contributed by atoms with van der Waals surface area (Å²) in [5.41, 5.74) is 0.976. The van der Waals surface area contributed by atoms with E-state index < -0.39 is 0 Å². The summed E-state index contributed by atoms with van der Waals surface area (Å²) in [4.78, 5) is 7.15. The summed E-state index contributed by atoms with van der Waals surface area (Å²) in [6.07, 6.45) is 4.27. The van der Waals surface area contributed by atoms with Crippen LogP contribution in [0.5, 0.6) is 0 Å². The molecule has 0 spiro atoms. The molecule has 7 nitrogen and oxygen atoms in total. The molecule has 2 N–H and O–H groups in total. The fourth-order valence-corrected chi connectivity index (χ4v) is 3.00. The van der Waals surface area contributed by atoms with Gasteiger partial charge in [0.15, 0.2) is 11.7 Å². The van der Waals surface area contributed by atoms with Gasteiger partial charge in [-0.1, -0.05) is 12.1 Å². The van der Waals surface area contributed by atoms with Crippen LogP contribution in [0.1, 0.15) is 44.6 Å². The van der Waals surface area contributed by atoms with Crippen molar-refractivity contribution >= 4 is 29.9 Å². The Morgan fingerprint density at radius 1 is 1.38 bits per heavy atom. The fraction of sp³-hybridized carbons (Fsp3) is 0.778. The molecule has 1 aromatic rings. The lowest BCUT2D eigenvalue weighted by molar-refractivity contribution is 0.155. The van der Waals surface area contributed by atoms with Crippen LogP contribution in [0.3, 0.4) is 0 Å². The first-order chi connectivity index (χ1) is 12.2. The molecule has 150 valence electrons. The molecule has 2 rings (SSSR count). The van der Waals surface area contributed by atoms with Crippen LogP contribution in [0.2, 0.25) is 0 Å². The van der Waals surface area contributed by atoms with E-state index in [9.17, 15) is 0 Å². The first-order valence-electron chi connectivity index (χ1n) is 9.45. The third-order valence-electron chi connectivity index (χ3n) is 4.46. The number of rotatable bonds is 9. The van der Waals surface area contributed by atoms with Gasteiger partial charge in [0, 0.05) is 52.0 Å². The summed E-state index contributed by atoms with van der Waals surface area (Å²) in [7, 11) is 1.76. The maximum atomic E-state index is 5.31. The third-order valence-corrected chi connectivity index (χ3v) is 4.46. The van der Waals surface area contributed by atoms with Crippen LogP contribution in [0.4, 0.5) is 0 Å². The minimum Gasteiger partial charge on any atom is -0.385 e. The van der Waals surface area contributed by atoms with Crippen molar-refractivity contribution in [3.63, 3.8) is 0 Å². The molecule has 0 saturated carbocycles. The van der Waals surface area contributed by atoms with E-state index in [1.165, 1.54) is 0 Å². The van der Waals surface area contributed by atoms with Crippen molar-refractivity contribution in [2.75, 3.05) is 39.9 Å². The third kappa shape index (κ3) is 8.22. The molecule has 0 atom stereocenters. The van der Waals surface area contributed by atoms with Gasteiger partial charge in [-0.2, -0.15) is 0 Å². The van der Waals surface area contributed by atoms with Crippen LogP contribution in [0, 0.1) is 0 Å². The second-order valence-electron chi connectivity index (χ2n) is 6.44. The molecule has 0 amide bonds. The molecule has 0 aromatic carbocycles. The van der Waals surface area contributed by atoms with Crippen molar-refractivity contribution in [1.29, 1.82) is 0 Å². The molecule has 0 aliphatic carbocycles. The predicted octanol–water partition coefficient (Wildman–Crippen LogP) is 2.41. The average Bonchev–Trinajstić information content (AvgIpc) is 3.10. The number of methoxy groups -OCH3 is 1. The summed E-state index contributed by atoms with van der Waals surface area (Å²) < 4.78 is 10.4. The summed E-state index contributed by atoms with van der Waals surface area (Å²) in [5, 5.41) is 10.9. The van der Waals surface area contributed by atoms with Crippen LogP contribution in [-0.2, 0) is 17.7 Å². The number of ether oxygens (including phenoxy) is 1. The number of aromatic nitrogens is 1. The van der Waals surface area contributed by atoms with Crippen LogP contribution in [-0.4, -0.2) is 62.0 Å². The van der Waals surface area contributed by atoms with Crippen molar-refractivity contribution in [3.8, 4) is 0 Å². The molecule has 1 fully saturated rings. The molecule has 26 heavy (non-hydrogen) atoms. The number of nitrogens with one attached hydrogen (secondary N) is 2. The van der Waals surface area contributed by atoms with Gasteiger partial charge in [0.1, 0.15) is 6.54 Å². The molecule has 1 aliphatic heterocycles. The van der Waals surface area contributed by atoms with E-state index in [2.05, 4.69) is 39.5 Å². The number of hydrogen-bond donors (Lipinski definition) is 2. The Balaban J connectivity index is 0.00000338. The quantitative estimate of drug-likeness (QED) is 0.245. The summed E-state index contributed by atoms with van der Waals surface area (Å²) in [6, 6.07) is 2.45. The van der Waals surface area contributed by atoms with Crippen molar-refractivity contribution in [2.24, 2.45) is 4.99 Å². The van der Waals surface area contributed by atoms with Crippen molar-refractivity contribution < 1.29 is 9.26 Å². The number of aryl methyl sites for hydroxylation is 1. The molecular weight excluding hydrogens is 445 g/mol. The monoisotopic (exact) mass is 479 g/mol. The minimum absolute atomic E-state index is 0. The van der Waals surface area contributed by atoms with E-state index in [1.54, 1.807) is 7.11 Å². The zero-order valence-electron chi connectivity index (χ0n) is 16.3. The van der Waals surface area contributed by atoms with Crippen LogP contribution < -0.4 is 10.6 Å². The lowest BCUT2D eigenvalue weighted by atomic mass is 10.1. The Morgan fingerprint density at radius 3 is 2.77 bits per heavy atom. The lowest BCUT2D eigenvalue weighted by Crippen LogP contribution is -2.48. The van der Waals surface area contributed by atoms with E-state index in [0.29, 0.717) is 12.6 Å². The van der Waals surface area contributed by atoms with Gasteiger partial charge in [0.2, 0.25) is 0 Å². The first kappa shape index (κ1) is 23.2. The highest BCUT2D eigenvalue weighted by Crippen LogP contribution is 2.11. The number of piperidine rings is 1. The topological polar surface area (TPSA) is 74.9 Å². The Bertz CT molecular complexity index is 515. The number of nitrogens with zero attached hydrogens (tertiary/aromatic N) is 3. The highest BCUT2D eigenvalue weighted by molar-refractivity contribution is 14.0. The smallest absolute Gasteiger partial charge is 0.191 e. The highest BCUT2D eigenvalue weighted by Gasteiger charge is 2.19. The van der Waals surface area contributed by atoms with E-state index in [-0.39, 0.29) is 24.0 Å². The first-order valence-corrected chi connectivity index (χ1v) is 9.45. The van der Waals surface area contributed by atoms with E-state index in [4.69, 9.17) is 9.26 Å². The van der Waals surface area contributed by atoms with E-state index >= 15 is 0 Å². The van der Waals surface area contributed by atoms with Gasteiger partial charge in [-0.05, 0) is 32.6 Å². The molecule has 1 saturated heterocycles. The number of halogens is 1. The van der Waals surface area contributed by atoms with Gasteiger partial charge in [0.25, 0.3) is 0 Å². The number of hydrogen-bond acceptors (Lipinski definition) is 5. The van der Waals surface area contributed by atoms with Gasteiger partial charge in [-0.25, -0.2) is 4.99 Å². The Labute approximate surface area is 174 Å². The Kier molecular flexibility index (Phi) is 11.9. The summed E-state index contributed by atoms with van der Waals surface area (Å²) in [5.74, 6) is 1.66. The van der Waals surface area contributed by atoms with Crippen LogP contribution >= 0.6 is 24.0 Å². The van der Waals surface area contributed by atoms with Gasteiger partial charge in [-0.15, -0.1) is 24.0 Å². The second-order valence-corrected chi connectivity index (χ2v) is 6.44. The van der Waals surface area contributed by atoms with E-state index in [0.717, 1.165) is 75.9 Å². The maximum Gasteiger partial charge on any atom is 0.191 e. The number of guanidine groups is 1. The number of likely N-dealkylation sites (tertiary alicyclic amines) is 1. The predicted molar refractivity (Wildman–Crippen MR) is 115 cm³/mol. The zero-order chi connectivity index (χ0) is 17.9. The van der Waals surface area contributed by atoms with Gasteiger partial charge in [0.05, 0.1) is 5.69 Å². The van der Waals surface area contributed by atoms with E-state index in [1.807, 2.05) is 6.07 Å². The SMILES string of the molecule is CCNC(=NCc1cc(CC)no1)NC1CCN(CCCOC)CC1.I. The summed E-state index contributed by atoms with van der Waals surface area (Å²) in [6.45, 7) is 9.73. The molecule has 8 heteroatoms. The lowest BCUT2D eigenvalue weighted by Gasteiger charge is -2.33. The second kappa shape index (κ2) is 13.3. The molecule has 2 heterocycles. The van der Waals surface area contributed by atoms with Crippen molar-refractivity contribution in [1.82, 2.24) is 20.7 Å². The molecule has 0 radical (unpaired) electrons. The van der Waals surface area contributed by atoms with Crippen LogP contribution in [0.15, 0.2) is 15.6 Å². The minimum atomic E-state index is 0.